The molecule has 3 heteroatoms. The second-order valence-corrected chi connectivity index (χ2v) is 5.09. The lowest BCUT2D eigenvalue weighted by atomic mass is 10.1. The van der Waals surface area contributed by atoms with E-state index in [9.17, 15) is 5.11 Å². The van der Waals surface area contributed by atoms with E-state index in [1.165, 1.54) is 44.9 Å². The minimum atomic E-state index is 0.00482. The lowest BCUT2D eigenvalue weighted by Gasteiger charge is -2.08. The summed E-state index contributed by atoms with van der Waals surface area (Å²) in [6.45, 7) is 6.98. The topological polar surface area (TPSA) is 38.1 Å². The van der Waals surface area contributed by atoms with Crippen LogP contribution in [0.5, 0.6) is 0 Å². The Labute approximate surface area is 117 Å². The molecule has 1 aromatic rings. The highest BCUT2D eigenvalue weighted by atomic mass is 16.3. The van der Waals surface area contributed by atoms with Crippen LogP contribution in [0.1, 0.15) is 69.8 Å². The molecule has 0 aliphatic carbocycles. The SMILES string of the molecule is C=Cc1cnc(CO)n1CCCCCCCCCC. The van der Waals surface area contributed by atoms with Crippen molar-refractivity contribution < 1.29 is 5.11 Å². The van der Waals surface area contributed by atoms with Crippen LogP contribution in [0.15, 0.2) is 12.8 Å². The van der Waals surface area contributed by atoms with Crippen LogP contribution >= 0.6 is 0 Å². The summed E-state index contributed by atoms with van der Waals surface area (Å²) < 4.78 is 2.07. The van der Waals surface area contributed by atoms with Gasteiger partial charge in [-0.3, -0.25) is 0 Å². The number of imidazole rings is 1. The highest BCUT2D eigenvalue weighted by molar-refractivity contribution is 5.41. The predicted octanol–water partition coefficient (Wildman–Crippen LogP) is 4.16. The third-order valence-electron chi connectivity index (χ3n) is 3.55. The van der Waals surface area contributed by atoms with Crippen molar-refractivity contribution in [2.45, 2.75) is 71.4 Å². The van der Waals surface area contributed by atoms with Crippen LogP contribution in [0.25, 0.3) is 6.08 Å². The number of hydrogen-bond acceptors (Lipinski definition) is 2. The lowest BCUT2D eigenvalue weighted by molar-refractivity contribution is 0.264. The van der Waals surface area contributed by atoms with E-state index in [0.717, 1.165) is 24.5 Å². The van der Waals surface area contributed by atoms with Gasteiger partial charge in [0.05, 0.1) is 11.9 Å². The Morgan fingerprint density at radius 3 is 2.37 bits per heavy atom. The van der Waals surface area contributed by atoms with Crippen molar-refractivity contribution in [3.05, 3.63) is 24.3 Å². The normalized spacial score (nSPS) is 10.8. The van der Waals surface area contributed by atoms with Gasteiger partial charge in [0.1, 0.15) is 12.4 Å². The number of aliphatic hydroxyl groups excluding tert-OH is 1. The van der Waals surface area contributed by atoms with Crippen molar-refractivity contribution in [2.24, 2.45) is 0 Å². The lowest BCUT2D eigenvalue weighted by Crippen LogP contribution is -2.05. The molecule has 1 rings (SSSR count). The van der Waals surface area contributed by atoms with Crippen LogP contribution in [0.4, 0.5) is 0 Å². The third-order valence-corrected chi connectivity index (χ3v) is 3.55. The fourth-order valence-electron chi connectivity index (χ4n) is 2.38. The molecule has 0 aliphatic heterocycles. The quantitative estimate of drug-likeness (QED) is 0.609. The molecule has 3 nitrogen and oxygen atoms in total. The summed E-state index contributed by atoms with van der Waals surface area (Å²) in [5, 5.41) is 9.23. The van der Waals surface area contributed by atoms with Crippen molar-refractivity contribution in [1.82, 2.24) is 9.55 Å². The van der Waals surface area contributed by atoms with Gasteiger partial charge in [-0.1, -0.05) is 58.4 Å². The van der Waals surface area contributed by atoms with Crippen LogP contribution < -0.4 is 0 Å². The molecule has 0 aromatic carbocycles. The van der Waals surface area contributed by atoms with E-state index in [2.05, 4.69) is 23.1 Å². The molecule has 0 bridgehead atoms. The molecule has 0 unspecified atom stereocenters. The Morgan fingerprint density at radius 2 is 1.79 bits per heavy atom. The Kier molecular flexibility index (Phi) is 8.23. The number of rotatable bonds is 11. The number of nitrogens with zero attached hydrogens (tertiary/aromatic N) is 2. The molecule has 0 radical (unpaired) electrons. The monoisotopic (exact) mass is 264 g/mol. The molecule has 1 heterocycles. The van der Waals surface area contributed by atoms with E-state index < -0.39 is 0 Å². The number of aromatic nitrogens is 2. The van der Waals surface area contributed by atoms with E-state index in [0.29, 0.717) is 0 Å². The van der Waals surface area contributed by atoms with Crippen LogP contribution in [-0.4, -0.2) is 14.7 Å². The van der Waals surface area contributed by atoms with E-state index in [-0.39, 0.29) is 6.61 Å². The van der Waals surface area contributed by atoms with E-state index in [1.807, 2.05) is 0 Å². The third kappa shape index (κ3) is 5.60. The standard InChI is InChI=1S/C16H28N2O/c1-3-5-6-7-8-9-10-11-12-18-15(4-2)13-17-16(18)14-19/h4,13,19H,2-3,5-12,14H2,1H3. The first-order chi connectivity index (χ1) is 9.33. The number of hydrogen-bond donors (Lipinski definition) is 1. The fraction of sp³-hybridized carbons (Fsp3) is 0.688. The van der Waals surface area contributed by atoms with Gasteiger partial charge in [-0.15, -0.1) is 0 Å². The predicted molar refractivity (Wildman–Crippen MR) is 80.9 cm³/mol. The summed E-state index contributed by atoms with van der Waals surface area (Å²) in [6.07, 6.45) is 14.1. The Bertz CT molecular complexity index is 358. The summed E-state index contributed by atoms with van der Waals surface area (Å²) in [7, 11) is 0. The van der Waals surface area contributed by atoms with Crippen molar-refractivity contribution in [1.29, 1.82) is 0 Å². The van der Waals surface area contributed by atoms with Crippen LogP contribution in [0.3, 0.4) is 0 Å². The van der Waals surface area contributed by atoms with E-state index in [4.69, 9.17) is 0 Å². The van der Waals surface area contributed by atoms with Gasteiger partial charge in [0.2, 0.25) is 0 Å². The molecule has 0 aliphatic rings. The molecule has 0 saturated heterocycles. The van der Waals surface area contributed by atoms with Crippen LogP contribution in [0, 0.1) is 0 Å². The van der Waals surface area contributed by atoms with Crippen molar-refractivity contribution in [2.75, 3.05) is 0 Å². The van der Waals surface area contributed by atoms with Gasteiger partial charge < -0.3 is 9.67 Å². The van der Waals surface area contributed by atoms with Gasteiger partial charge in [0.15, 0.2) is 0 Å². The zero-order valence-corrected chi connectivity index (χ0v) is 12.3. The smallest absolute Gasteiger partial charge is 0.134 e. The maximum Gasteiger partial charge on any atom is 0.134 e. The van der Waals surface area contributed by atoms with E-state index in [1.54, 1.807) is 12.3 Å². The summed E-state index contributed by atoms with van der Waals surface area (Å²) in [6, 6.07) is 0. The Morgan fingerprint density at radius 1 is 1.16 bits per heavy atom. The molecule has 0 fully saturated rings. The van der Waals surface area contributed by atoms with Crippen molar-refractivity contribution in [3.8, 4) is 0 Å². The molecular weight excluding hydrogens is 236 g/mol. The van der Waals surface area contributed by atoms with Gasteiger partial charge in [-0.25, -0.2) is 4.98 Å². The van der Waals surface area contributed by atoms with Gasteiger partial charge >= 0.3 is 0 Å². The number of aliphatic hydroxyl groups is 1. The molecule has 0 amide bonds. The summed E-state index contributed by atoms with van der Waals surface area (Å²) >= 11 is 0. The first-order valence-corrected chi connectivity index (χ1v) is 7.61. The molecule has 19 heavy (non-hydrogen) atoms. The van der Waals surface area contributed by atoms with Gasteiger partial charge in [0.25, 0.3) is 0 Å². The highest BCUT2D eigenvalue weighted by Gasteiger charge is 2.05. The summed E-state index contributed by atoms with van der Waals surface area (Å²) in [5.74, 6) is 0.748. The van der Waals surface area contributed by atoms with Gasteiger partial charge in [-0.2, -0.15) is 0 Å². The van der Waals surface area contributed by atoms with Gasteiger partial charge in [-0.05, 0) is 12.5 Å². The van der Waals surface area contributed by atoms with E-state index >= 15 is 0 Å². The summed E-state index contributed by atoms with van der Waals surface area (Å²) in [4.78, 5) is 4.20. The highest BCUT2D eigenvalue weighted by Crippen LogP contribution is 2.12. The molecule has 0 spiro atoms. The van der Waals surface area contributed by atoms with Crippen molar-refractivity contribution in [3.63, 3.8) is 0 Å². The zero-order chi connectivity index (χ0) is 13.9. The van der Waals surface area contributed by atoms with Crippen LogP contribution in [0.2, 0.25) is 0 Å². The first-order valence-electron chi connectivity index (χ1n) is 7.61. The maximum absolute atomic E-state index is 9.23. The average molecular weight is 264 g/mol. The average Bonchev–Trinajstić information content (AvgIpc) is 2.83. The molecular formula is C16H28N2O. The maximum atomic E-state index is 9.23. The second kappa shape index (κ2) is 9.79. The van der Waals surface area contributed by atoms with Crippen LogP contribution in [-0.2, 0) is 13.2 Å². The molecule has 1 N–H and O–H groups in total. The Balaban J connectivity index is 2.18. The largest absolute Gasteiger partial charge is 0.388 e. The van der Waals surface area contributed by atoms with Gasteiger partial charge in [0, 0.05) is 6.54 Å². The zero-order valence-electron chi connectivity index (χ0n) is 12.3. The fourth-order valence-corrected chi connectivity index (χ4v) is 2.38. The molecule has 0 saturated carbocycles. The molecule has 1 aromatic heterocycles. The summed E-state index contributed by atoms with van der Waals surface area (Å²) in [5.41, 5.74) is 1.01. The Hall–Kier alpha value is -1.09. The number of unbranched alkanes of at least 4 members (excludes halogenated alkanes) is 7. The first kappa shape index (κ1) is 16.0. The van der Waals surface area contributed by atoms with Crippen molar-refractivity contribution >= 4 is 6.08 Å². The second-order valence-electron chi connectivity index (χ2n) is 5.09. The minimum absolute atomic E-state index is 0.00482. The molecule has 108 valence electrons. The minimum Gasteiger partial charge on any atom is -0.388 e. The molecule has 0 atom stereocenters.